The van der Waals surface area contributed by atoms with Crippen LogP contribution in [0.4, 0.5) is 0 Å². The van der Waals surface area contributed by atoms with Crippen LogP contribution in [0, 0.1) is 11.3 Å². The Bertz CT molecular complexity index is 589. The van der Waals surface area contributed by atoms with E-state index in [1.165, 1.54) is 30.4 Å². The van der Waals surface area contributed by atoms with Gasteiger partial charge in [-0.1, -0.05) is 24.3 Å². The van der Waals surface area contributed by atoms with Crippen molar-refractivity contribution in [1.82, 2.24) is 4.57 Å². The second kappa shape index (κ2) is 4.70. The maximum absolute atomic E-state index is 9.06. The molecule has 2 heteroatoms. The number of nitrogens with zero attached hydrogens (tertiary/aromatic N) is 2. The molecular weight excluding hydrogens is 220 g/mol. The summed E-state index contributed by atoms with van der Waals surface area (Å²) in [4.78, 5) is 0. The fourth-order valence-electron chi connectivity index (χ4n) is 2.96. The summed E-state index contributed by atoms with van der Waals surface area (Å²) in [5.74, 6) is 0.550. The lowest BCUT2D eigenvalue weighted by Gasteiger charge is -2.26. The molecule has 0 radical (unpaired) electrons. The Hall–Kier alpha value is -2.01. The fourth-order valence-corrected chi connectivity index (χ4v) is 2.96. The van der Waals surface area contributed by atoms with Gasteiger partial charge in [0.05, 0.1) is 0 Å². The van der Waals surface area contributed by atoms with Crippen LogP contribution in [0.15, 0.2) is 42.6 Å². The topological polar surface area (TPSA) is 28.7 Å². The average Bonchev–Trinajstić information content (AvgIpc) is 2.86. The Morgan fingerprint density at radius 3 is 3.00 bits per heavy atom. The maximum atomic E-state index is 9.06. The molecule has 0 saturated carbocycles. The standard InChI is InChI=1S/C16H16N2/c17-11-15-8-4-10-18(15)12-14-7-3-6-13-5-1-2-9-16(13)14/h1-2,4-5,8-10,14H,3,6-7,12H2. The molecular formula is C16H16N2. The van der Waals surface area contributed by atoms with Gasteiger partial charge in [0.1, 0.15) is 11.8 Å². The molecule has 0 bridgehead atoms. The Labute approximate surface area is 107 Å². The molecule has 1 heterocycles. The first kappa shape index (κ1) is 11.1. The molecule has 1 aliphatic carbocycles. The Balaban J connectivity index is 1.89. The molecule has 1 aromatic carbocycles. The highest BCUT2D eigenvalue weighted by atomic mass is 15.0. The SMILES string of the molecule is N#Cc1cccn1CC1CCCc2ccccc21. The van der Waals surface area contributed by atoms with E-state index in [-0.39, 0.29) is 0 Å². The lowest BCUT2D eigenvalue weighted by molar-refractivity contribution is 0.482. The van der Waals surface area contributed by atoms with Crippen LogP contribution in [-0.2, 0) is 13.0 Å². The molecule has 3 rings (SSSR count). The fraction of sp³-hybridized carbons (Fsp3) is 0.312. The van der Waals surface area contributed by atoms with E-state index in [1.807, 2.05) is 18.3 Å². The number of aryl methyl sites for hydroxylation is 1. The summed E-state index contributed by atoms with van der Waals surface area (Å²) in [7, 11) is 0. The van der Waals surface area contributed by atoms with Gasteiger partial charge in [0.2, 0.25) is 0 Å². The third kappa shape index (κ3) is 1.93. The van der Waals surface area contributed by atoms with Gasteiger partial charge >= 0.3 is 0 Å². The van der Waals surface area contributed by atoms with Crippen LogP contribution >= 0.6 is 0 Å². The first-order valence-corrected chi connectivity index (χ1v) is 6.51. The zero-order valence-electron chi connectivity index (χ0n) is 10.3. The number of benzene rings is 1. The molecule has 0 aliphatic heterocycles. The molecule has 0 N–H and O–H groups in total. The molecule has 1 unspecified atom stereocenters. The number of hydrogen-bond donors (Lipinski definition) is 0. The van der Waals surface area contributed by atoms with Crippen LogP contribution in [-0.4, -0.2) is 4.57 Å². The summed E-state index contributed by atoms with van der Waals surface area (Å²) in [6.45, 7) is 0.924. The minimum absolute atomic E-state index is 0.550. The molecule has 0 fully saturated rings. The smallest absolute Gasteiger partial charge is 0.120 e. The van der Waals surface area contributed by atoms with Crippen molar-refractivity contribution in [3.63, 3.8) is 0 Å². The number of fused-ring (bicyclic) bond motifs is 1. The van der Waals surface area contributed by atoms with Gasteiger partial charge in [-0.15, -0.1) is 0 Å². The Kier molecular flexibility index (Phi) is 2.90. The van der Waals surface area contributed by atoms with E-state index >= 15 is 0 Å². The van der Waals surface area contributed by atoms with Gasteiger partial charge in [-0.05, 0) is 42.5 Å². The molecule has 0 spiro atoms. The van der Waals surface area contributed by atoms with Gasteiger partial charge < -0.3 is 4.57 Å². The average molecular weight is 236 g/mol. The van der Waals surface area contributed by atoms with Crippen LogP contribution < -0.4 is 0 Å². The van der Waals surface area contributed by atoms with Gasteiger partial charge in [0, 0.05) is 18.7 Å². The highest BCUT2D eigenvalue weighted by Crippen LogP contribution is 2.32. The first-order valence-electron chi connectivity index (χ1n) is 6.51. The molecule has 1 atom stereocenters. The summed E-state index contributed by atoms with van der Waals surface area (Å²) in [5.41, 5.74) is 3.72. The molecule has 1 aromatic heterocycles. The van der Waals surface area contributed by atoms with Crippen molar-refractivity contribution in [2.75, 3.05) is 0 Å². The third-order valence-corrected chi connectivity index (χ3v) is 3.85. The van der Waals surface area contributed by atoms with E-state index < -0.39 is 0 Å². The quantitative estimate of drug-likeness (QED) is 0.784. The monoisotopic (exact) mass is 236 g/mol. The molecule has 0 amide bonds. The predicted molar refractivity (Wildman–Crippen MR) is 71.3 cm³/mol. The first-order chi connectivity index (χ1) is 8.88. The molecule has 2 aromatic rings. The van der Waals surface area contributed by atoms with E-state index in [4.69, 9.17) is 5.26 Å². The number of rotatable bonds is 2. The Morgan fingerprint density at radius 1 is 1.22 bits per heavy atom. The maximum Gasteiger partial charge on any atom is 0.120 e. The van der Waals surface area contributed by atoms with E-state index in [9.17, 15) is 0 Å². The van der Waals surface area contributed by atoms with Crippen LogP contribution in [0.3, 0.4) is 0 Å². The lowest BCUT2D eigenvalue weighted by Crippen LogP contribution is -2.15. The largest absolute Gasteiger partial charge is 0.339 e. The molecule has 18 heavy (non-hydrogen) atoms. The van der Waals surface area contributed by atoms with E-state index in [1.54, 1.807) is 0 Å². The second-order valence-corrected chi connectivity index (χ2v) is 4.95. The summed E-state index contributed by atoms with van der Waals surface area (Å²) >= 11 is 0. The van der Waals surface area contributed by atoms with Crippen LogP contribution in [0.5, 0.6) is 0 Å². The number of aromatic nitrogens is 1. The zero-order chi connectivity index (χ0) is 12.4. The summed E-state index contributed by atoms with van der Waals surface area (Å²) < 4.78 is 2.08. The number of hydrogen-bond acceptors (Lipinski definition) is 1. The second-order valence-electron chi connectivity index (χ2n) is 4.95. The van der Waals surface area contributed by atoms with Crippen molar-refractivity contribution in [3.05, 3.63) is 59.4 Å². The van der Waals surface area contributed by atoms with Crippen molar-refractivity contribution in [3.8, 4) is 6.07 Å². The van der Waals surface area contributed by atoms with E-state index in [0.29, 0.717) is 5.92 Å². The van der Waals surface area contributed by atoms with Crippen molar-refractivity contribution < 1.29 is 0 Å². The molecule has 0 saturated heterocycles. The summed E-state index contributed by atoms with van der Waals surface area (Å²) in [5, 5.41) is 9.06. The van der Waals surface area contributed by atoms with Crippen molar-refractivity contribution in [2.24, 2.45) is 0 Å². The Morgan fingerprint density at radius 2 is 2.11 bits per heavy atom. The highest BCUT2D eigenvalue weighted by molar-refractivity contribution is 5.33. The summed E-state index contributed by atoms with van der Waals surface area (Å²) in [6.07, 6.45) is 5.68. The molecule has 1 aliphatic rings. The highest BCUT2D eigenvalue weighted by Gasteiger charge is 2.20. The van der Waals surface area contributed by atoms with Gasteiger partial charge in [-0.2, -0.15) is 5.26 Å². The van der Waals surface area contributed by atoms with E-state index in [2.05, 4.69) is 34.9 Å². The van der Waals surface area contributed by atoms with Gasteiger partial charge in [0.15, 0.2) is 0 Å². The van der Waals surface area contributed by atoms with Crippen LogP contribution in [0.2, 0.25) is 0 Å². The predicted octanol–water partition coefficient (Wildman–Crippen LogP) is 3.48. The van der Waals surface area contributed by atoms with Crippen LogP contribution in [0.25, 0.3) is 0 Å². The lowest BCUT2D eigenvalue weighted by atomic mass is 9.83. The van der Waals surface area contributed by atoms with Crippen LogP contribution in [0.1, 0.15) is 35.6 Å². The van der Waals surface area contributed by atoms with Gasteiger partial charge in [0.25, 0.3) is 0 Å². The minimum atomic E-state index is 0.550. The van der Waals surface area contributed by atoms with Gasteiger partial charge in [-0.3, -0.25) is 0 Å². The molecule has 90 valence electrons. The van der Waals surface area contributed by atoms with Crippen molar-refractivity contribution in [2.45, 2.75) is 31.7 Å². The normalized spacial score (nSPS) is 18.1. The zero-order valence-corrected chi connectivity index (χ0v) is 10.3. The van der Waals surface area contributed by atoms with E-state index in [0.717, 1.165) is 12.2 Å². The van der Waals surface area contributed by atoms with Crippen molar-refractivity contribution >= 4 is 0 Å². The molecule has 2 nitrogen and oxygen atoms in total. The number of nitriles is 1. The minimum Gasteiger partial charge on any atom is -0.339 e. The third-order valence-electron chi connectivity index (χ3n) is 3.85. The van der Waals surface area contributed by atoms with Crippen molar-refractivity contribution in [1.29, 1.82) is 5.26 Å². The summed E-state index contributed by atoms with van der Waals surface area (Å²) in [6, 6.07) is 14.8. The van der Waals surface area contributed by atoms with Gasteiger partial charge in [-0.25, -0.2) is 0 Å².